The average Bonchev–Trinajstić information content (AvgIpc) is 2.83. The van der Waals surface area contributed by atoms with Crippen molar-refractivity contribution in [2.45, 2.75) is 35.9 Å². The Labute approximate surface area is 161 Å². The zero-order valence-corrected chi connectivity index (χ0v) is 15.7. The van der Waals surface area contributed by atoms with E-state index in [0.29, 0.717) is 17.5 Å². The van der Waals surface area contributed by atoms with Crippen LogP contribution in [0.4, 0.5) is 18.9 Å². The molecule has 2 unspecified atom stereocenters. The molecular weight excluding hydrogens is 369 g/mol. The van der Waals surface area contributed by atoms with E-state index >= 15 is 0 Å². The Morgan fingerprint density at radius 1 is 1.11 bits per heavy atom. The Bertz CT molecular complexity index is 880. The van der Waals surface area contributed by atoms with Crippen LogP contribution >= 0.6 is 11.8 Å². The van der Waals surface area contributed by atoms with Crippen molar-refractivity contribution in [2.75, 3.05) is 30.3 Å². The third-order valence-electron chi connectivity index (χ3n) is 5.96. The first-order valence-corrected chi connectivity index (χ1v) is 10.5. The Kier molecular flexibility index (Phi) is 4.17. The fourth-order valence-electron chi connectivity index (χ4n) is 4.77. The number of fused-ring (bicyclic) bond motifs is 3. The van der Waals surface area contributed by atoms with Crippen molar-refractivity contribution >= 4 is 17.4 Å². The maximum Gasteiger partial charge on any atom is 0.416 e. The molecule has 0 bridgehead atoms. The molecule has 3 heterocycles. The van der Waals surface area contributed by atoms with Gasteiger partial charge in [-0.05, 0) is 66.1 Å². The number of piperidine rings is 1. The number of thioether (sulfide) groups is 1. The fraction of sp³-hybridized carbons (Fsp3) is 0.429. The zero-order chi connectivity index (χ0) is 18.6. The molecule has 1 fully saturated rings. The van der Waals surface area contributed by atoms with Gasteiger partial charge >= 0.3 is 6.18 Å². The maximum atomic E-state index is 13.2. The van der Waals surface area contributed by atoms with E-state index in [2.05, 4.69) is 22.3 Å². The zero-order valence-electron chi connectivity index (χ0n) is 14.9. The number of anilines is 1. The van der Waals surface area contributed by atoms with Crippen molar-refractivity contribution in [3.63, 3.8) is 0 Å². The fourth-order valence-corrected chi connectivity index (χ4v) is 5.84. The van der Waals surface area contributed by atoms with E-state index in [1.165, 1.54) is 28.3 Å². The molecule has 0 spiro atoms. The first-order valence-electron chi connectivity index (χ1n) is 9.48. The number of halogens is 3. The quantitative estimate of drug-likeness (QED) is 0.726. The standard InChI is InChI=1S/C21H21F3N2S/c22-21(23,24)15-4-1-3-13(9-15)14-10-16-17-12-25-6-5-18(17)26-7-2-8-27-19(11-14)20(16)26/h1,3-4,9-11,17-18,25H,2,5-8,12H2. The van der Waals surface area contributed by atoms with Crippen LogP contribution in [0.15, 0.2) is 41.3 Å². The molecule has 6 heteroatoms. The van der Waals surface area contributed by atoms with Gasteiger partial charge in [0.05, 0.1) is 11.3 Å². The summed E-state index contributed by atoms with van der Waals surface area (Å²) in [7, 11) is 0. The van der Waals surface area contributed by atoms with E-state index in [1.54, 1.807) is 6.07 Å². The maximum absolute atomic E-state index is 13.2. The highest BCUT2D eigenvalue weighted by molar-refractivity contribution is 7.99. The smallest absolute Gasteiger partial charge is 0.367 e. The van der Waals surface area contributed by atoms with E-state index in [1.807, 2.05) is 11.8 Å². The van der Waals surface area contributed by atoms with Crippen LogP contribution in [0.3, 0.4) is 0 Å². The molecule has 0 amide bonds. The Morgan fingerprint density at radius 2 is 2.00 bits per heavy atom. The monoisotopic (exact) mass is 390 g/mol. The largest absolute Gasteiger partial charge is 0.416 e. The molecule has 142 valence electrons. The molecule has 2 aromatic carbocycles. The molecule has 1 N–H and O–H groups in total. The van der Waals surface area contributed by atoms with Gasteiger partial charge in [-0.15, -0.1) is 11.8 Å². The van der Waals surface area contributed by atoms with Gasteiger partial charge < -0.3 is 10.2 Å². The summed E-state index contributed by atoms with van der Waals surface area (Å²) in [4.78, 5) is 3.80. The first kappa shape index (κ1) is 17.4. The third kappa shape index (κ3) is 2.93. The minimum Gasteiger partial charge on any atom is -0.367 e. The molecule has 0 aromatic heterocycles. The normalized spacial score (nSPS) is 24.3. The van der Waals surface area contributed by atoms with Gasteiger partial charge in [0.25, 0.3) is 0 Å². The van der Waals surface area contributed by atoms with E-state index < -0.39 is 11.7 Å². The molecule has 0 aliphatic carbocycles. The molecule has 2 nitrogen and oxygen atoms in total. The van der Waals surface area contributed by atoms with E-state index in [4.69, 9.17) is 0 Å². The summed E-state index contributed by atoms with van der Waals surface area (Å²) in [5.41, 5.74) is 3.61. The van der Waals surface area contributed by atoms with E-state index in [0.717, 1.165) is 49.9 Å². The Morgan fingerprint density at radius 3 is 2.85 bits per heavy atom. The Hall–Kier alpha value is -1.66. The second-order valence-corrected chi connectivity index (χ2v) is 8.69. The van der Waals surface area contributed by atoms with Gasteiger partial charge in [0.15, 0.2) is 0 Å². The number of nitrogens with zero attached hydrogens (tertiary/aromatic N) is 1. The lowest BCUT2D eigenvalue weighted by Crippen LogP contribution is -2.44. The average molecular weight is 390 g/mol. The van der Waals surface area contributed by atoms with Crippen LogP contribution in [-0.4, -0.2) is 31.4 Å². The van der Waals surface area contributed by atoms with E-state index in [-0.39, 0.29) is 0 Å². The molecule has 5 rings (SSSR count). The van der Waals surface area contributed by atoms with Crippen molar-refractivity contribution in [3.05, 3.63) is 47.5 Å². The summed E-state index contributed by atoms with van der Waals surface area (Å²) in [6, 6.07) is 10.5. The predicted molar refractivity (Wildman–Crippen MR) is 104 cm³/mol. The third-order valence-corrected chi connectivity index (χ3v) is 7.08. The number of benzene rings is 2. The van der Waals surface area contributed by atoms with Crippen molar-refractivity contribution in [3.8, 4) is 11.1 Å². The number of rotatable bonds is 1. The molecule has 2 aromatic rings. The number of alkyl halides is 3. The number of nitrogens with one attached hydrogen (secondary N) is 1. The lowest BCUT2D eigenvalue weighted by atomic mass is 9.88. The predicted octanol–water partition coefficient (Wildman–Crippen LogP) is 5.13. The SMILES string of the molecule is FC(F)(F)c1cccc(-c2cc3c4c(c2)C2CNCCC2N4CCCS3)c1. The summed E-state index contributed by atoms with van der Waals surface area (Å²) in [6.07, 6.45) is -2.04. The molecule has 3 aliphatic rings. The van der Waals surface area contributed by atoms with Crippen LogP contribution in [0.1, 0.15) is 29.9 Å². The van der Waals surface area contributed by atoms with Crippen molar-refractivity contribution in [1.29, 1.82) is 0 Å². The van der Waals surface area contributed by atoms with Gasteiger partial charge in [0, 0.05) is 29.9 Å². The van der Waals surface area contributed by atoms with Crippen LogP contribution in [0, 0.1) is 0 Å². The second kappa shape index (κ2) is 6.45. The highest BCUT2D eigenvalue weighted by Crippen LogP contribution is 2.51. The van der Waals surface area contributed by atoms with Crippen molar-refractivity contribution in [1.82, 2.24) is 5.32 Å². The molecule has 0 radical (unpaired) electrons. The second-order valence-electron chi connectivity index (χ2n) is 7.55. The van der Waals surface area contributed by atoms with Gasteiger partial charge in [-0.1, -0.05) is 12.1 Å². The van der Waals surface area contributed by atoms with Crippen molar-refractivity contribution in [2.24, 2.45) is 0 Å². The lowest BCUT2D eigenvalue weighted by molar-refractivity contribution is -0.137. The van der Waals surface area contributed by atoms with Gasteiger partial charge in [0.1, 0.15) is 0 Å². The summed E-state index contributed by atoms with van der Waals surface area (Å²) >= 11 is 1.85. The topological polar surface area (TPSA) is 15.3 Å². The minimum absolute atomic E-state index is 0.428. The first-order chi connectivity index (χ1) is 13.0. The van der Waals surface area contributed by atoms with Crippen molar-refractivity contribution < 1.29 is 13.2 Å². The summed E-state index contributed by atoms with van der Waals surface area (Å²) in [6.45, 7) is 3.07. The highest BCUT2D eigenvalue weighted by atomic mass is 32.2. The molecule has 2 atom stereocenters. The molecule has 1 saturated heterocycles. The Balaban J connectivity index is 1.64. The van der Waals surface area contributed by atoms with Crippen LogP contribution in [0.2, 0.25) is 0 Å². The van der Waals surface area contributed by atoms with Gasteiger partial charge in [-0.25, -0.2) is 0 Å². The minimum atomic E-state index is -4.32. The molecule has 3 aliphatic heterocycles. The highest BCUT2D eigenvalue weighted by Gasteiger charge is 2.42. The van der Waals surface area contributed by atoms with Gasteiger partial charge in [0.2, 0.25) is 0 Å². The van der Waals surface area contributed by atoms with E-state index in [9.17, 15) is 13.2 Å². The van der Waals surface area contributed by atoms with Crippen LogP contribution in [0.25, 0.3) is 11.1 Å². The molecule has 0 saturated carbocycles. The summed E-state index contributed by atoms with van der Waals surface area (Å²) in [5.74, 6) is 1.49. The number of hydrogen-bond donors (Lipinski definition) is 1. The lowest BCUT2D eigenvalue weighted by Gasteiger charge is -2.33. The van der Waals surface area contributed by atoms with Gasteiger partial charge in [-0.2, -0.15) is 13.2 Å². The van der Waals surface area contributed by atoms with Crippen LogP contribution < -0.4 is 10.2 Å². The van der Waals surface area contributed by atoms with Crippen LogP contribution in [0.5, 0.6) is 0 Å². The summed E-state index contributed by atoms with van der Waals surface area (Å²) in [5, 5.41) is 3.50. The van der Waals surface area contributed by atoms with Crippen LogP contribution in [-0.2, 0) is 6.18 Å². The van der Waals surface area contributed by atoms with Gasteiger partial charge in [-0.3, -0.25) is 0 Å². The molecule has 27 heavy (non-hydrogen) atoms. The molecular formula is C21H21F3N2S. The summed E-state index contributed by atoms with van der Waals surface area (Å²) < 4.78 is 39.5. The number of hydrogen-bond acceptors (Lipinski definition) is 3.